The first-order chi connectivity index (χ1) is 9.55. The average molecular weight is 330 g/mol. The number of rotatable bonds is 5. The van der Waals surface area contributed by atoms with Gasteiger partial charge in [0, 0.05) is 0 Å². The van der Waals surface area contributed by atoms with Crippen molar-refractivity contribution in [3.63, 3.8) is 0 Å². The Hall–Kier alpha value is -2.17. The highest BCUT2D eigenvalue weighted by molar-refractivity contribution is 7.88. The average Bonchev–Trinajstić information content (AvgIpc) is 2.35. The lowest BCUT2D eigenvalue weighted by Gasteiger charge is -2.15. The van der Waals surface area contributed by atoms with E-state index in [9.17, 15) is 26.4 Å². The van der Waals surface area contributed by atoms with Gasteiger partial charge in [-0.05, 0) is 12.1 Å². The van der Waals surface area contributed by atoms with Crippen LogP contribution in [0.2, 0.25) is 0 Å². The molecule has 1 N–H and O–H groups in total. The Labute approximate surface area is 117 Å². The molecule has 0 saturated heterocycles. The molecule has 0 unspecified atom stereocenters. The van der Waals surface area contributed by atoms with Crippen molar-refractivity contribution in [2.75, 3.05) is 14.2 Å². The molecule has 1 rings (SSSR count). The quantitative estimate of drug-likeness (QED) is 0.647. The summed E-state index contributed by atoms with van der Waals surface area (Å²) in [6.45, 7) is 0. The molecule has 0 spiro atoms. The number of carboxylic acid groups (broad SMARTS) is 1. The molecule has 0 aliphatic rings. The number of halogens is 3. The number of benzene rings is 1. The molecule has 0 atom stereocenters. The molecular formula is C10H9F3O7S. The number of carboxylic acids is 1. The van der Waals surface area contributed by atoms with Gasteiger partial charge < -0.3 is 18.8 Å². The van der Waals surface area contributed by atoms with Gasteiger partial charge in [0.05, 0.1) is 14.2 Å². The van der Waals surface area contributed by atoms with Crippen LogP contribution < -0.4 is 13.7 Å². The maximum Gasteiger partial charge on any atom is 0.534 e. The third-order valence-electron chi connectivity index (χ3n) is 2.20. The lowest BCUT2D eigenvalue weighted by molar-refractivity contribution is -0.0500. The second kappa shape index (κ2) is 5.68. The van der Waals surface area contributed by atoms with Gasteiger partial charge in [0.1, 0.15) is 5.56 Å². The summed E-state index contributed by atoms with van der Waals surface area (Å²) < 4.78 is 72.0. The van der Waals surface area contributed by atoms with Gasteiger partial charge in [-0.2, -0.15) is 21.6 Å². The van der Waals surface area contributed by atoms with Crippen LogP contribution in [0.25, 0.3) is 0 Å². The van der Waals surface area contributed by atoms with Gasteiger partial charge in [-0.25, -0.2) is 4.79 Å². The summed E-state index contributed by atoms with van der Waals surface area (Å²) in [6, 6.07) is 1.72. The van der Waals surface area contributed by atoms with Gasteiger partial charge in [0.15, 0.2) is 17.2 Å². The van der Waals surface area contributed by atoms with Gasteiger partial charge in [-0.15, -0.1) is 0 Å². The summed E-state index contributed by atoms with van der Waals surface area (Å²) >= 11 is 0. The molecule has 118 valence electrons. The van der Waals surface area contributed by atoms with E-state index in [1.54, 1.807) is 0 Å². The standard InChI is InChI=1S/C10H9F3O7S/c1-18-6-4-3-5(7(9(14)15)8(6)19-2)20-21(16,17)10(11,12)13/h3-4H,1-2H3,(H,14,15). The van der Waals surface area contributed by atoms with Crippen molar-refractivity contribution in [1.82, 2.24) is 0 Å². The molecule has 0 radical (unpaired) electrons. The van der Waals surface area contributed by atoms with Crippen molar-refractivity contribution in [3.05, 3.63) is 17.7 Å². The zero-order valence-corrected chi connectivity index (χ0v) is 11.4. The predicted octanol–water partition coefficient (Wildman–Crippen LogP) is 1.63. The largest absolute Gasteiger partial charge is 0.534 e. The fraction of sp³-hybridized carbons (Fsp3) is 0.300. The number of methoxy groups -OCH3 is 2. The smallest absolute Gasteiger partial charge is 0.493 e. The van der Waals surface area contributed by atoms with E-state index >= 15 is 0 Å². The number of aromatic carboxylic acids is 1. The third kappa shape index (κ3) is 3.29. The van der Waals surface area contributed by atoms with Crippen molar-refractivity contribution in [3.8, 4) is 17.2 Å². The molecule has 0 saturated carbocycles. The lowest BCUT2D eigenvalue weighted by Crippen LogP contribution is -2.28. The number of ether oxygens (including phenoxy) is 2. The van der Waals surface area contributed by atoms with E-state index in [1.807, 2.05) is 0 Å². The molecule has 1 aromatic rings. The molecule has 1 aromatic carbocycles. The van der Waals surface area contributed by atoms with E-state index in [0.29, 0.717) is 6.07 Å². The molecule has 11 heteroatoms. The molecule has 0 fully saturated rings. The lowest BCUT2D eigenvalue weighted by atomic mass is 10.1. The molecule has 0 heterocycles. The zero-order valence-electron chi connectivity index (χ0n) is 10.6. The molecule has 0 amide bonds. The Morgan fingerprint density at radius 2 is 1.67 bits per heavy atom. The number of carbonyl (C=O) groups is 1. The van der Waals surface area contributed by atoms with Crippen LogP contribution in [0.1, 0.15) is 10.4 Å². The van der Waals surface area contributed by atoms with Gasteiger partial charge in [-0.1, -0.05) is 0 Å². The summed E-state index contributed by atoms with van der Waals surface area (Å²) in [5.41, 5.74) is -6.61. The van der Waals surface area contributed by atoms with E-state index < -0.39 is 38.7 Å². The predicted molar refractivity (Wildman–Crippen MR) is 62.1 cm³/mol. The minimum atomic E-state index is -6.01. The molecule has 0 aliphatic heterocycles. The maximum atomic E-state index is 12.3. The van der Waals surface area contributed by atoms with Crippen LogP contribution in [0.4, 0.5) is 13.2 Å². The molecule has 0 aliphatic carbocycles. The molecule has 0 aromatic heterocycles. The summed E-state index contributed by atoms with van der Waals surface area (Å²) in [7, 11) is -3.81. The Kier molecular flexibility index (Phi) is 4.56. The maximum absolute atomic E-state index is 12.3. The van der Waals surface area contributed by atoms with Crippen LogP contribution in [0.5, 0.6) is 17.2 Å². The van der Waals surface area contributed by atoms with Crippen LogP contribution in [0.3, 0.4) is 0 Å². The SMILES string of the molecule is COc1ccc(OS(=O)(=O)C(F)(F)F)c(C(=O)O)c1OC. The summed E-state index contributed by atoms with van der Waals surface area (Å²) in [5.74, 6) is -3.39. The molecular weight excluding hydrogens is 321 g/mol. The number of hydrogen-bond acceptors (Lipinski definition) is 6. The summed E-state index contributed by atoms with van der Waals surface area (Å²) in [6.07, 6.45) is 0. The first kappa shape index (κ1) is 16.9. The second-order valence-electron chi connectivity index (χ2n) is 3.46. The molecule has 7 nitrogen and oxygen atoms in total. The van der Waals surface area contributed by atoms with E-state index in [1.165, 1.54) is 0 Å². The topological polar surface area (TPSA) is 99.1 Å². The van der Waals surface area contributed by atoms with Crippen molar-refractivity contribution in [2.45, 2.75) is 5.51 Å². The fourth-order valence-electron chi connectivity index (χ4n) is 1.35. The van der Waals surface area contributed by atoms with E-state index in [0.717, 1.165) is 20.3 Å². The Morgan fingerprint density at radius 3 is 2.05 bits per heavy atom. The van der Waals surface area contributed by atoms with Crippen LogP contribution in [0.15, 0.2) is 12.1 Å². The first-order valence-corrected chi connectivity index (χ1v) is 6.45. The van der Waals surface area contributed by atoms with Crippen LogP contribution >= 0.6 is 0 Å². The van der Waals surface area contributed by atoms with Crippen LogP contribution in [-0.4, -0.2) is 39.2 Å². The summed E-state index contributed by atoms with van der Waals surface area (Å²) in [4.78, 5) is 11.1. The number of hydrogen-bond donors (Lipinski definition) is 1. The highest BCUT2D eigenvalue weighted by atomic mass is 32.2. The highest BCUT2D eigenvalue weighted by Gasteiger charge is 2.49. The Bertz CT molecular complexity index is 651. The second-order valence-corrected chi connectivity index (χ2v) is 5.00. The van der Waals surface area contributed by atoms with Gasteiger partial charge >= 0.3 is 21.6 Å². The molecule has 0 bridgehead atoms. The minimum absolute atomic E-state index is 0.119. The summed E-state index contributed by atoms with van der Waals surface area (Å²) in [5, 5.41) is 9.01. The zero-order chi connectivity index (χ0) is 16.4. The Balaban J connectivity index is 3.49. The van der Waals surface area contributed by atoms with E-state index in [2.05, 4.69) is 4.18 Å². The van der Waals surface area contributed by atoms with Crippen LogP contribution in [0, 0.1) is 0 Å². The first-order valence-electron chi connectivity index (χ1n) is 5.04. The fourth-order valence-corrected chi connectivity index (χ4v) is 1.82. The molecule has 21 heavy (non-hydrogen) atoms. The minimum Gasteiger partial charge on any atom is -0.493 e. The van der Waals surface area contributed by atoms with Gasteiger partial charge in [0.2, 0.25) is 0 Å². The monoisotopic (exact) mass is 330 g/mol. The van der Waals surface area contributed by atoms with Crippen molar-refractivity contribution < 1.29 is 45.1 Å². The van der Waals surface area contributed by atoms with Crippen molar-refractivity contribution >= 4 is 16.1 Å². The van der Waals surface area contributed by atoms with Crippen molar-refractivity contribution in [2.24, 2.45) is 0 Å². The van der Waals surface area contributed by atoms with Crippen LogP contribution in [-0.2, 0) is 10.1 Å². The van der Waals surface area contributed by atoms with E-state index in [4.69, 9.17) is 14.6 Å². The van der Waals surface area contributed by atoms with Gasteiger partial charge in [0.25, 0.3) is 0 Å². The van der Waals surface area contributed by atoms with Crippen molar-refractivity contribution in [1.29, 1.82) is 0 Å². The number of alkyl halides is 3. The highest BCUT2D eigenvalue weighted by Crippen LogP contribution is 2.39. The van der Waals surface area contributed by atoms with Gasteiger partial charge in [-0.3, -0.25) is 0 Å². The Morgan fingerprint density at radius 1 is 1.14 bits per heavy atom. The third-order valence-corrected chi connectivity index (χ3v) is 3.17. The van der Waals surface area contributed by atoms with E-state index in [-0.39, 0.29) is 5.75 Å². The normalized spacial score (nSPS) is 11.9.